The molecule has 17 heavy (non-hydrogen) atoms. The van der Waals surface area contributed by atoms with E-state index in [0.29, 0.717) is 4.90 Å². The fourth-order valence-corrected chi connectivity index (χ4v) is 2.44. The Bertz CT molecular complexity index is 388. The lowest BCUT2D eigenvalue weighted by Gasteiger charge is -2.23. The van der Waals surface area contributed by atoms with Gasteiger partial charge in [-0.05, 0) is 44.0 Å². The molecule has 0 amide bonds. The van der Waals surface area contributed by atoms with Gasteiger partial charge in [-0.2, -0.15) is 13.2 Å². The van der Waals surface area contributed by atoms with Crippen LogP contribution in [0.5, 0.6) is 0 Å². The van der Waals surface area contributed by atoms with Crippen molar-refractivity contribution in [2.45, 2.75) is 43.1 Å². The largest absolute Gasteiger partial charge is 0.402 e. The van der Waals surface area contributed by atoms with E-state index in [4.69, 9.17) is 5.73 Å². The number of halogens is 3. The van der Waals surface area contributed by atoms with Crippen LogP contribution in [0.25, 0.3) is 0 Å². The van der Waals surface area contributed by atoms with Gasteiger partial charge in [0.25, 0.3) is 0 Å². The molecule has 2 N–H and O–H groups in total. The van der Waals surface area contributed by atoms with Crippen LogP contribution in [0.2, 0.25) is 0 Å². The van der Waals surface area contributed by atoms with E-state index in [1.54, 1.807) is 12.1 Å². The minimum absolute atomic E-state index is 0.604. The Morgan fingerprint density at radius 1 is 1.18 bits per heavy atom. The van der Waals surface area contributed by atoms with Crippen molar-refractivity contribution in [2.75, 3.05) is 0 Å². The third-order valence-electron chi connectivity index (χ3n) is 2.54. The normalized spacial score (nSPS) is 15.7. The van der Waals surface area contributed by atoms with Crippen molar-refractivity contribution in [3.8, 4) is 0 Å². The zero-order chi connectivity index (χ0) is 13.2. The van der Waals surface area contributed by atoms with Crippen LogP contribution in [0.3, 0.4) is 0 Å². The summed E-state index contributed by atoms with van der Waals surface area (Å²) >= 11 is 0.777. The number of thioether (sulfide) groups is 1. The van der Waals surface area contributed by atoms with Crippen molar-refractivity contribution >= 4 is 11.8 Å². The SMILES string of the molecule is Cc1ccc(SC(C(C)N)C(F)(F)F)cc1C. The molecular formula is C12H16F3NS. The van der Waals surface area contributed by atoms with Gasteiger partial charge >= 0.3 is 6.18 Å². The predicted molar refractivity (Wildman–Crippen MR) is 65.3 cm³/mol. The Kier molecular flexibility index (Phi) is 4.49. The maximum Gasteiger partial charge on any atom is 0.402 e. The van der Waals surface area contributed by atoms with E-state index in [9.17, 15) is 13.2 Å². The van der Waals surface area contributed by atoms with Gasteiger partial charge in [-0.1, -0.05) is 6.07 Å². The summed E-state index contributed by atoms with van der Waals surface area (Å²) in [5.41, 5.74) is 7.45. The molecule has 0 fully saturated rings. The first-order valence-electron chi connectivity index (χ1n) is 5.28. The maximum atomic E-state index is 12.7. The second kappa shape index (κ2) is 5.31. The Hall–Kier alpha value is -0.680. The summed E-state index contributed by atoms with van der Waals surface area (Å²) in [6, 6.07) is 4.36. The summed E-state index contributed by atoms with van der Waals surface area (Å²) in [4.78, 5) is 0.604. The molecule has 1 aromatic rings. The highest BCUT2D eigenvalue weighted by molar-refractivity contribution is 8.00. The fourth-order valence-electron chi connectivity index (χ4n) is 1.41. The van der Waals surface area contributed by atoms with Gasteiger partial charge in [0.15, 0.2) is 0 Å². The monoisotopic (exact) mass is 263 g/mol. The van der Waals surface area contributed by atoms with E-state index < -0.39 is 17.5 Å². The molecule has 0 heterocycles. The molecule has 2 unspecified atom stereocenters. The highest BCUT2D eigenvalue weighted by atomic mass is 32.2. The average molecular weight is 263 g/mol. The van der Waals surface area contributed by atoms with Gasteiger partial charge in [0.2, 0.25) is 0 Å². The van der Waals surface area contributed by atoms with Crippen LogP contribution in [-0.4, -0.2) is 17.5 Å². The molecule has 1 nitrogen and oxygen atoms in total. The van der Waals surface area contributed by atoms with E-state index in [2.05, 4.69) is 0 Å². The van der Waals surface area contributed by atoms with E-state index in [1.165, 1.54) is 6.92 Å². The van der Waals surface area contributed by atoms with E-state index >= 15 is 0 Å². The van der Waals surface area contributed by atoms with Crippen LogP contribution in [0, 0.1) is 13.8 Å². The Labute approximate surface area is 104 Å². The molecular weight excluding hydrogens is 247 g/mol. The highest BCUT2D eigenvalue weighted by Crippen LogP contribution is 2.37. The number of benzene rings is 1. The zero-order valence-corrected chi connectivity index (χ0v) is 10.8. The van der Waals surface area contributed by atoms with Crippen LogP contribution in [0.4, 0.5) is 13.2 Å². The Morgan fingerprint density at radius 3 is 2.18 bits per heavy atom. The summed E-state index contributed by atoms with van der Waals surface area (Å²) < 4.78 is 38.2. The molecule has 5 heteroatoms. The molecule has 96 valence electrons. The van der Waals surface area contributed by atoms with Gasteiger partial charge < -0.3 is 5.73 Å². The summed E-state index contributed by atoms with van der Waals surface area (Å²) in [7, 11) is 0. The van der Waals surface area contributed by atoms with Gasteiger partial charge in [0.05, 0.1) is 0 Å². The van der Waals surface area contributed by atoms with Gasteiger partial charge in [0, 0.05) is 10.9 Å². The predicted octanol–water partition coefficient (Wildman–Crippen LogP) is 3.67. The quantitative estimate of drug-likeness (QED) is 0.842. The van der Waals surface area contributed by atoms with Crippen LogP contribution in [0.1, 0.15) is 18.1 Å². The number of rotatable bonds is 3. The average Bonchev–Trinajstić information content (AvgIpc) is 2.17. The smallest absolute Gasteiger partial charge is 0.327 e. The second-order valence-electron chi connectivity index (χ2n) is 4.19. The number of hydrogen-bond acceptors (Lipinski definition) is 2. The lowest BCUT2D eigenvalue weighted by molar-refractivity contribution is -0.131. The van der Waals surface area contributed by atoms with Crippen molar-refractivity contribution in [2.24, 2.45) is 5.73 Å². The first-order chi connectivity index (χ1) is 7.71. The van der Waals surface area contributed by atoms with Gasteiger partial charge in [-0.25, -0.2) is 0 Å². The van der Waals surface area contributed by atoms with E-state index in [-0.39, 0.29) is 0 Å². The standard InChI is InChI=1S/C12H16F3NS/c1-7-4-5-10(6-8(7)2)17-11(9(3)16)12(13,14)15/h4-6,9,11H,16H2,1-3H3. The molecule has 0 bridgehead atoms. The molecule has 0 radical (unpaired) electrons. The third kappa shape index (κ3) is 3.92. The van der Waals surface area contributed by atoms with E-state index in [0.717, 1.165) is 22.9 Å². The summed E-state index contributed by atoms with van der Waals surface area (Å²) in [6.45, 7) is 5.19. The first-order valence-corrected chi connectivity index (χ1v) is 6.16. The van der Waals surface area contributed by atoms with Crippen molar-refractivity contribution in [1.29, 1.82) is 0 Å². The van der Waals surface area contributed by atoms with Gasteiger partial charge in [-0.15, -0.1) is 11.8 Å². The zero-order valence-electron chi connectivity index (χ0n) is 10.0. The lowest BCUT2D eigenvalue weighted by Crippen LogP contribution is -2.40. The summed E-state index contributed by atoms with van der Waals surface area (Å²) in [6.07, 6.45) is -4.28. The van der Waals surface area contributed by atoms with Crippen molar-refractivity contribution < 1.29 is 13.2 Å². The molecule has 1 rings (SSSR count). The number of aryl methyl sites for hydroxylation is 2. The van der Waals surface area contributed by atoms with Crippen molar-refractivity contribution in [1.82, 2.24) is 0 Å². The van der Waals surface area contributed by atoms with Crippen LogP contribution in [-0.2, 0) is 0 Å². The number of alkyl halides is 3. The summed E-state index contributed by atoms with van der Waals surface area (Å²) in [5, 5.41) is -1.57. The lowest BCUT2D eigenvalue weighted by atomic mass is 10.1. The van der Waals surface area contributed by atoms with Crippen LogP contribution >= 0.6 is 11.8 Å². The molecule has 0 aliphatic carbocycles. The molecule has 0 saturated carbocycles. The van der Waals surface area contributed by atoms with Crippen molar-refractivity contribution in [3.05, 3.63) is 29.3 Å². The number of nitrogens with two attached hydrogens (primary N) is 1. The van der Waals surface area contributed by atoms with E-state index in [1.807, 2.05) is 19.9 Å². The molecule has 1 aromatic carbocycles. The van der Waals surface area contributed by atoms with Crippen LogP contribution < -0.4 is 5.73 Å². The summed E-state index contributed by atoms with van der Waals surface area (Å²) in [5.74, 6) is 0. The minimum atomic E-state index is -4.28. The molecule has 2 atom stereocenters. The van der Waals surface area contributed by atoms with Crippen LogP contribution in [0.15, 0.2) is 23.1 Å². The molecule has 0 spiro atoms. The highest BCUT2D eigenvalue weighted by Gasteiger charge is 2.42. The number of hydrogen-bond donors (Lipinski definition) is 1. The fraction of sp³-hybridized carbons (Fsp3) is 0.500. The second-order valence-corrected chi connectivity index (χ2v) is 5.40. The molecule has 0 saturated heterocycles. The molecule has 0 aromatic heterocycles. The molecule has 0 aliphatic rings. The van der Waals surface area contributed by atoms with Crippen molar-refractivity contribution in [3.63, 3.8) is 0 Å². The third-order valence-corrected chi connectivity index (χ3v) is 4.02. The van der Waals surface area contributed by atoms with Gasteiger partial charge in [-0.3, -0.25) is 0 Å². The van der Waals surface area contributed by atoms with Gasteiger partial charge in [0.1, 0.15) is 5.25 Å². The minimum Gasteiger partial charge on any atom is -0.327 e. The maximum absolute atomic E-state index is 12.7. The Balaban J connectivity index is 2.91. The Morgan fingerprint density at radius 2 is 1.76 bits per heavy atom. The molecule has 0 aliphatic heterocycles. The first kappa shape index (κ1) is 14.4. The topological polar surface area (TPSA) is 26.0 Å².